The van der Waals surface area contributed by atoms with Crippen LogP contribution in [0.5, 0.6) is 0 Å². The van der Waals surface area contributed by atoms with Crippen LogP contribution in [-0.2, 0) is 6.18 Å². The lowest BCUT2D eigenvalue weighted by Gasteiger charge is -2.10. The molecule has 0 radical (unpaired) electrons. The van der Waals surface area contributed by atoms with E-state index in [1.165, 1.54) is 6.08 Å². The fraction of sp³-hybridized carbons (Fsp3) is 0.0909. The first-order valence-corrected chi connectivity index (χ1v) is 5.32. The summed E-state index contributed by atoms with van der Waals surface area (Å²) in [6.07, 6.45) is -3.61. The number of hydrogen-bond donors (Lipinski definition) is 0. The Kier molecular flexibility index (Phi) is 3.23. The van der Waals surface area contributed by atoms with Gasteiger partial charge in [-0.25, -0.2) is 9.38 Å². The summed E-state index contributed by atoms with van der Waals surface area (Å²) >= 11 is 11.3. The number of nitrogens with zero attached hydrogens (tertiary/aromatic N) is 1. The Hall–Kier alpha value is -1.29. The topological polar surface area (TPSA) is 12.4 Å². The van der Waals surface area contributed by atoms with Crippen molar-refractivity contribution in [1.82, 2.24) is 0 Å². The fourth-order valence-electron chi connectivity index (χ4n) is 1.36. The van der Waals surface area contributed by atoms with Crippen molar-refractivity contribution in [3.8, 4) is 0 Å². The molecule has 1 heterocycles. The zero-order valence-electron chi connectivity index (χ0n) is 8.45. The zero-order chi connectivity index (χ0) is 13.5. The minimum absolute atomic E-state index is 0.0337. The normalized spacial score (nSPS) is 14.8. The fourth-order valence-corrected chi connectivity index (χ4v) is 1.61. The molecule has 0 fully saturated rings. The van der Waals surface area contributed by atoms with E-state index < -0.39 is 17.6 Å². The molecule has 0 spiro atoms. The Labute approximate surface area is 109 Å². The second kappa shape index (κ2) is 4.43. The number of halogens is 6. The molecule has 0 bridgehead atoms. The maximum Gasteiger partial charge on any atom is 0.419 e. The third-order valence-corrected chi connectivity index (χ3v) is 2.83. The van der Waals surface area contributed by atoms with Gasteiger partial charge in [-0.2, -0.15) is 13.2 Å². The molecule has 0 atom stereocenters. The summed E-state index contributed by atoms with van der Waals surface area (Å²) in [5.41, 5.74) is 1.09. The molecule has 1 aromatic rings. The van der Waals surface area contributed by atoms with Crippen LogP contribution in [0.4, 0.5) is 23.2 Å². The SMILES string of the molecule is Fc1cc2c(cc1C(F)(F)F)C=C=C(Cl)C(Cl)=N2. The molecule has 1 aromatic carbocycles. The Morgan fingerprint density at radius 3 is 2.44 bits per heavy atom. The van der Waals surface area contributed by atoms with E-state index in [4.69, 9.17) is 23.2 Å². The molecule has 0 saturated carbocycles. The molecule has 1 aliphatic heterocycles. The molecule has 0 amide bonds. The van der Waals surface area contributed by atoms with Crippen LogP contribution in [0.25, 0.3) is 6.08 Å². The first-order chi connectivity index (χ1) is 8.29. The van der Waals surface area contributed by atoms with Gasteiger partial charge in [0.1, 0.15) is 10.8 Å². The van der Waals surface area contributed by atoms with Crippen LogP contribution in [-0.4, -0.2) is 5.17 Å². The van der Waals surface area contributed by atoms with Crippen LogP contribution < -0.4 is 0 Å². The van der Waals surface area contributed by atoms with Crippen LogP contribution in [0.3, 0.4) is 0 Å². The maximum atomic E-state index is 13.3. The Morgan fingerprint density at radius 2 is 1.83 bits per heavy atom. The monoisotopic (exact) mass is 295 g/mol. The summed E-state index contributed by atoms with van der Waals surface area (Å²) < 4.78 is 50.8. The third kappa shape index (κ3) is 2.43. The summed E-state index contributed by atoms with van der Waals surface area (Å²) in [6.45, 7) is 0. The Bertz CT molecular complexity index is 610. The van der Waals surface area contributed by atoms with Gasteiger partial charge in [0.25, 0.3) is 0 Å². The summed E-state index contributed by atoms with van der Waals surface area (Å²) in [5.74, 6) is -1.42. The van der Waals surface area contributed by atoms with Crippen molar-refractivity contribution >= 4 is 40.1 Å². The van der Waals surface area contributed by atoms with Crippen molar-refractivity contribution in [3.63, 3.8) is 0 Å². The second-order valence-corrected chi connectivity index (χ2v) is 4.13. The van der Waals surface area contributed by atoms with E-state index in [-0.39, 0.29) is 21.5 Å². The first kappa shape index (κ1) is 13.1. The summed E-state index contributed by atoms with van der Waals surface area (Å²) in [6, 6.07) is 1.30. The minimum atomic E-state index is -4.78. The van der Waals surface area contributed by atoms with E-state index in [0.29, 0.717) is 12.1 Å². The molecular weight excluding hydrogens is 293 g/mol. The second-order valence-electron chi connectivity index (χ2n) is 3.39. The molecule has 0 unspecified atom stereocenters. The van der Waals surface area contributed by atoms with Crippen LogP contribution in [0, 0.1) is 5.82 Å². The standard InChI is InChI=1S/C11H3Cl2F4N/c12-7-2-1-5-3-6(11(15,16)17)8(14)4-9(5)18-10(7)13/h1,3-4H. The molecule has 0 aromatic heterocycles. The van der Waals surface area contributed by atoms with Gasteiger partial charge in [0.05, 0.1) is 11.3 Å². The van der Waals surface area contributed by atoms with E-state index in [0.717, 1.165) is 0 Å². The van der Waals surface area contributed by atoms with E-state index in [9.17, 15) is 17.6 Å². The van der Waals surface area contributed by atoms with Crippen molar-refractivity contribution in [3.05, 3.63) is 39.8 Å². The van der Waals surface area contributed by atoms with Crippen molar-refractivity contribution < 1.29 is 17.6 Å². The van der Waals surface area contributed by atoms with Crippen LogP contribution in [0.15, 0.2) is 27.9 Å². The van der Waals surface area contributed by atoms with E-state index in [1.807, 2.05) is 0 Å². The van der Waals surface area contributed by atoms with Crippen LogP contribution in [0.2, 0.25) is 0 Å². The van der Waals surface area contributed by atoms with Crippen molar-refractivity contribution in [2.24, 2.45) is 4.99 Å². The number of fused-ring (bicyclic) bond motifs is 1. The lowest BCUT2D eigenvalue weighted by atomic mass is 10.1. The van der Waals surface area contributed by atoms with Gasteiger partial charge in [-0.15, -0.1) is 0 Å². The molecule has 7 heteroatoms. The van der Waals surface area contributed by atoms with Gasteiger partial charge in [-0.3, -0.25) is 0 Å². The number of benzene rings is 1. The largest absolute Gasteiger partial charge is 0.419 e. The molecule has 1 nitrogen and oxygen atoms in total. The maximum absolute atomic E-state index is 13.3. The summed E-state index contributed by atoms with van der Waals surface area (Å²) in [4.78, 5) is 3.72. The molecule has 0 N–H and O–H groups in total. The average Bonchev–Trinajstić information content (AvgIpc) is 2.37. The Balaban J connectivity index is 2.69. The van der Waals surface area contributed by atoms with E-state index in [2.05, 4.69) is 10.7 Å². The number of aliphatic imine (C=N–C) groups is 1. The first-order valence-electron chi connectivity index (χ1n) is 4.56. The van der Waals surface area contributed by atoms with E-state index in [1.54, 1.807) is 0 Å². The summed E-state index contributed by atoms with van der Waals surface area (Å²) in [7, 11) is 0. The van der Waals surface area contributed by atoms with E-state index >= 15 is 0 Å². The highest BCUT2D eigenvalue weighted by molar-refractivity contribution is 6.76. The highest BCUT2D eigenvalue weighted by Gasteiger charge is 2.34. The predicted octanol–water partition coefficient (Wildman–Crippen LogP) is 4.86. The molecule has 0 saturated heterocycles. The van der Waals surface area contributed by atoms with Gasteiger partial charge < -0.3 is 0 Å². The molecule has 2 rings (SSSR count). The number of alkyl halides is 3. The van der Waals surface area contributed by atoms with Gasteiger partial charge in [0.2, 0.25) is 0 Å². The number of hydrogen-bond acceptors (Lipinski definition) is 1. The highest BCUT2D eigenvalue weighted by atomic mass is 35.5. The smallest absolute Gasteiger partial charge is 0.234 e. The zero-order valence-corrected chi connectivity index (χ0v) is 9.96. The molecule has 18 heavy (non-hydrogen) atoms. The van der Waals surface area contributed by atoms with Crippen molar-refractivity contribution in [2.75, 3.05) is 0 Å². The number of rotatable bonds is 0. The van der Waals surface area contributed by atoms with Crippen LogP contribution >= 0.6 is 23.2 Å². The van der Waals surface area contributed by atoms with Gasteiger partial charge in [0, 0.05) is 11.6 Å². The lowest BCUT2D eigenvalue weighted by Crippen LogP contribution is -2.08. The number of allylic oxidation sites excluding steroid dienone is 1. The highest BCUT2D eigenvalue weighted by Crippen LogP contribution is 2.36. The predicted molar refractivity (Wildman–Crippen MR) is 61.7 cm³/mol. The molecule has 94 valence electrons. The quantitative estimate of drug-likeness (QED) is 0.479. The molecular formula is C11H3Cl2F4N. The van der Waals surface area contributed by atoms with Crippen molar-refractivity contribution in [1.29, 1.82) is 0 Å². The van der Waals surface area contributed by atoms with Gasteiger partial charge in [-0.05, 0) is 12.1 Å². The minimum Gasteiger partial charge on any atom is -0.234 e. The molecule has 1 aliphatic rings. The lowest BCUT2D eigenvalue weighted by molar-refractivity contribution is -0.139. The van der Waals surface area contributed by atoms with Gasteiger partial charge in [0.15, 0.2) is 5.17 Å². The third-order valence-electron chi connectivity index (χ3n) is 2.18. The Morgan fingerprint density at radius 1 is 1.17 bits per heavy atom. The van der Waals surface area contributed by atoms with Gasteiger partial charge >= 0.3 is 6.18 Å². The summed E-state index contributed by atoms with van der Waals surface area (Å²) in [5, 5.41) is -0.215. The molecule has 0 aliphatic carbocycles. The average molecular weight is 296 g/mol. The van der Waals surface area contributed by atoms with Crippen LogP contribution in [0.1, 0.15) is 11.1 Å². The van der Waals surface area contributed by atoms with Crippen molar-refractivity contribution in [2.45, 2.75) is 6.18 Å². The van der Waals surface area contributed by atoms with Gasteiger partial charge in [-0.1, -0.05) is 28.9 Å².